The third kappa shape index (κ3) is 2.81. The van der Waals surface area contributed by atoms with Gasteiger partial charge in [0, 0.05) is 6.42 Å². The van der Waals surface area contributed by atoms with Crippen LogP contribution in [0.4, 0.5) is 17.6 Å². The zero-order chi connectivity index (χ0) is 16.8. The van der Waals surface area contributed by atoms with Crippen molar-refractivity contribution in [2.24, 2.45) is 0 Å². The largest absolute Gasteiger partial charge is 0.419 e. The van der Waals surface area contributed by atoms with Gasteiger partial charge in [-0.3, -0.25) is 4.79 Å². The number of nitrogens with zero attached hydrogens (tertiary/aromatic N) is 2. The molecular formula is C14H10F4N4O. The fourth-order valence-corrected chi connectivity index (χ4v) is 2.25. The van der Waals surface area contributed by atoms with Gasteiger partial charge in [0.05, 0.1) is 5.56 Å². The van der Waals surface area contributed by atoms with Crippen LogP contribution in [-0.2, 0) is 12.6 Å². The number of benzene rings is 1. The fourth-order valence-electron chi connectivity index (χ4n) is 2.25. The van der Waals surface area contributed by atoms with E-state index in [9.17, 15) is 22.4 Å². The summed E-state index contributed by atoms with van der Waals surface area (Å²) in [6.07, 6.45) is -5.16. The van der Waals surface area contributed by atoms with Crippen LogP contribution >= 0.6 is 0 Å². The number of imidazole rings is 1. The van der Waals surface area contributed by atoms with Gasteiger partial charge in [-0.05, 0) is 18.6 Å². The second-order valence-electron chi connectivity index (χ2n) is 4.99. The van der Waals surface area contributed by atoms with E-state index < -0.39 is 23.1 Å². The fraction of sp³-hybridized carbons (Fsp3) is 0.214. The van der Waals surface area contributed by atoms with Gasteiger partial charge in [0.15, 0.2) is 11.3 Å². The molecule has 3 rings (SSSR count). The number of aromatic nitrogens is 4. The molecule has 1 aromatic carbocycles. The van der Waals surface area contributed by atoms with Gasteiger partial charge in [-0.25, -0.2) is 14.4 Å². The number of hydrogen-bond donors (Lipinski definition) is 2. The summed E-state index contributed by atoms with van der Waals surface area (Å²) in [5.74, 6) is -0.882. The van der Waals surface area contributed by atoms with Crippen LogP contribution in [0.2, 0.25) is 0 Å². The molecule has 0 radical (unpaired) electrons. The molecule has 23 heavy (non-hydrogen) atoms. The summed E-state index contributed by atoms with van der Waals surface area (Å²) < 4.78 is 52.2. The molecule has 0 aliphatic rings. The number of hydrogen-bond acceptors (Lipinski definition) is 3. The van der Waals surface area contributed by atoms with Crippen molar-refractivity contribution in [3.05, 3.63) is 57.0 Å². The number of rotatable bonds is 2. The Kier molecular flexibility index (Phi) is 3.42. The van der Waals surface area contributed by atoms with Gasteiger partial charge in [-0.1, -0.05) is 12.1 Å². The highest BCUT2D eigenvalue weighted by atomic mass is 19.4. The third-order valence-electron chi connectivity index (χ3n) is 3.29. The number of fused-ring (bicyclic) bond motifs is 1. The summed E-state index contributed by atoms with van der Waals surface area (Å²) in [5.41, 5.74) is -1.83. The maximum Gasteiger partial charge on any atom is 0.419 e. The van der Waals surface area contributed by atoms with E-state index in [0.29, 0.717) is 11.9 Å². The SMILES string of the molecule is Cc1nc2[nH]c(=O)c(Cc3cccc(C(F)(F)F)c3F)nc2[nH]1. The second kappa shape index (κ2) is 5.18. The van der Waals surface area contributed by atoms with Crippen LogP contribution in [0.3, 0.4) is 0 Å². The number of alkyl halides is 3. The van der Waals surface area contributed by atoms with Crippen LogP contribution in [0.1, 0.15) is 22.6 Å². The summed E-state index contributed by atoms with van der Waals surface area (Å²) in [7, 11) is 0. The molecule has 9 heteroatoms. The summed E-state index contributed by atoms with van der Waals surface area (Å²) in [5, 5.41) is 0. The van der Waals surface area contributed by atoms with E-state index in [2.05, 4.69) is 19.9 Å². The molecule has 0 aliphatic heterocycles. The lowest BCUT2D eigenvalue weighted by atomic mass is 10.0. The molecular weight excluding hydrogens is 316 g/mol. The number of halogens is 4. The van der Waals surface area contributed by atoms with Crippen molar-refractivity contribution in [3.63, 3.8) is 0 Å². The minimum Gasteiger partial charge on any atom is -0.326 e. The Morgan fingerprint density at radius 1 is 1.13 bits per heavy atom. The smallest absolute Gasteiger partial charge is 0.326 e. The lowest BCUT2D eigenvalue weighted by Crippen LogP contribution is -2.17. The van der Waals surface area contributed by atoms with Gasteiger partial charge in [0.25, 0.3) is 5.56 Å². The van der Waals surface area contributed by atoms with Gasteiger partial charge in [0.1, 0.15) is 17.3 Å². The van der Waals surface area contributed by atoms with Crippen LogP contribution in [0.15, 0.2) is 23.0 Å². The van der Waals surface area contributed by atoms with E-state index in [1.54, 1.807) is 6.92 Å². The zero-order valence-electron chi connectivity index (χ0n) is 11.8. The topological polar surface area (TPSA) is 74.4 Å². The lowest BCUT2D eigenvalue weighted by molar-refractivity contribution is -0.140. The van der Waals surface area contributed by atoms with Gasteiger partial charge < -0.3 is 9.97 Å². The van der Waals surface area contributed by atoms with Gasteiger partial charge in [0.2, 0.25) is 0 Å². The molecule has 0 atom stereocenters. The van der Waals surface area contributed by atoms with E-state index in [0.717, 1.165) is 6.07 Å². The average molecular weight is 326 g/mol. The highest BCUT2D eigenvalue weighted by Crippen LogP contribution is 2.32. The van der Waals surface area contributed by atoms with Crippen LogP contribution in [0.25, 0.3) is 11.3 Å². The predicted molar refractivity (Wildman–Crippen MR) is 73.5 cm³/mol. The molecule has 0 unspecified atom stereocenters. The summed E-state index contributed by atoms with van der Waals surface area (Å²) in [4.78, 5) is 25.2. The molecule has 0 bridgehead atoms. The molecule has 2 N–H and O–H groups in total. The minimum absolute atomic E-state index is 0.0978. The Labute approximate surface area is 126 Å². The number of H-pyrrole nitrogens is 2. The lowest BCUT2D eigenvalue weighted by Gasteiger charge is -2.10. The number of aromatic amines is 2. The summed E-state index contributed by atoms with van der Waals surface area (Å²) in [6, 6.07) is 2.93. The molecule has 2 heterocycles. The van der Waals surface area contributed by atoms with Crippen molar-refractivity contribution < 1.29 is 17.6 Å². The quantitative estimate of drug-likeness (QED) is 0.711. The number of nitrogens with one attached hydrogen (secondary N) is 2. The Hall–Kier alpha value is -2.71. The summed E-state index contributed by atoms with van der Waals surface area (Å²) in [6.45, 7) is 1.66. The Bertz CT molecular complexity index is 942. The molecule has 0 aliphatic carbocycles. The van der Waals surface area contributed by atoms with Crippen molar-refractivity contribution in [2.45, 2.75) is 19.5 Å². The highest BCUT2D eigenvalue weighted by molar-refractivity contribution is 5.65. The van der Waals surface area contributed by atoms with E-state index in [-0.39, 0.29) is 29.0 Å². The average Bonchev–Trinajstić information content (AvgIpc) is 2.79. The minimum atomic E-state index is -4.80. The molecule has 0 amide bonds. The molecule has 0 saturated heterocycles. The number of aryl methyl sites for hydroxylation is 1. The third-order valence-corrected chi connectivity index (χ3v) is 3.29. The maximum absolute atomic E-state index is 14.0. The molecule has 120 valence electrons. The van der Waals surface area contributed by atoms with Crippen molar-refractivity contribution >= 4 is 11.3 Å². The standard InChI is InChI=1S/C14H10F4N4O/c1-6-19-11-12(20-6)22-13(23)9(21-11)5-7-3-2-4-8(10(7)15)14(16,17)18/h2-4H,5H2,1H3,(H2,19,20,21,22,23). The molecule has 5 nitrogen and oxygen atoms in total. The molecule has 0 saturated carbocycles. The van der Waals surface area contributed by atoms with Crippen LogP contribution < -0.4 is 5.56 Å². The molecule has 0 spiro atoms. The van der Waals surface area contributed by atoms with Crippen LogP contribution in [0, 0.1) is 12.7 Å². The van der Waals surface area contributed by atoms with E-state index in [4.69, 9.17) is 0 Å². The molecule has 2 aromatic heterocycles. The highest BCUT2D eigenvalue weighted by Gasteiger charge is 2.34. The first-order valence-corrected chi connectivity index (χ1v) is 6.56. The normalized spacial score (nSPS) is 12.0. The Balaban J connectivity index is 2.06. The van der Waals surface area contributed by atoms with Gasteiger partial charge in [-0.15, -0.1) is 0 Å². The Morgan fingerprint density at radius 2 is 1.83 bits per heavy atom. The second-order valence-corrected chi connectivity index (χ2v) is 4.99. The van der Waals surface area contributed by atoms with Crippen LogP contribution in [-0.4, -0.2) is 19.9 Å². The monoisotopic (exact) mass is 326 g/mol. The first-order valence-electron chi connectivity index (χ1n) is 6.56. The zero-order valence-corrected chi connectivity index (χ0v) is 11.8. The first-order chi connectivity index (χ1) is 10.8. The van der Waals surface area contributed by atoms with Gasteiger partial charge >= 0.3 is 6.18 Å². The predicted octanol–water partition coefficient (Wildman–Crippen LogP) is 2.70. The van der Waals surface area contributed by atoms with Crippen molar-refractivity contribution in [2.75, 3.05) is 0 Å². The van der Waals surface area contributed by atoms with Crippen LogP contribution in [0.5, 0.6) is 0 Å². The molecule has 3 aromatic rings. The first kappa shape index (κ1) is 15.2. The van der Waals surface area contributed by atoms with Crippen molar-refractivity contribution in [1.29, 1.82) is 0 Å². The Morgan fingerprint density at radius 3 is 2.52 bits per heavy atom. The van der Waals surface area contributed by atoms with Crippen molar-refractivity contribution in [1.82, 2.24) is 19.9 Å². The summed E-state index contributed by atoms with van der Waals surface area (Å²) >= 11 is 0. The maximum atomic E-state index is 14.0. The van der Waals surface area contributed by atoms with Gasteiger partial charge in [-0.2, -0.15) is 13.2 Å². The van der Waals surface area contributed by atoms with E-state index in [1.807, 2.05) is 0 Å². The van der Waals surface area contributed by atoms with Crippen molar-refractivity contribution in [3.8, 4) is 0 Å². The van der Waals surface area contributed by atoms with E-state index >= 15 is 0 Å². The molecule has 0 fully saturated rings. The van der Waals surface area contributed by atoms with E-state index in [1.165, 1.54) is 6.07 Å².